The number of hydrogen-bond acceptors (Lipinski definition) is 1. The van der Waals surface area contributed by atoms with Crippen molar-refractivity contribution in [2.75, 3.05) is 0 Å². The van der Waals surface area contributed by atoms with Crippen LogP contribution in [0.2, 0.25) is 0 Å². The summed E-state index contributed by atoms with van der Waals surface area (Å²) in [5.41, 5.74) is 2.93. The number of rotatable bonds is 5. The maximum absolute atomic E-state index is 9.60. The van der Waals surface area contributed by atoms with E-state index in [-0.39, 0.29) is 38.3 Å². The van der Waals surface area contributed by atoms with Crippen molar-refractivity contribution in [3.05, 3.63) is 47.5 Å². The minimum atomic E-state index is -0.935. The molecular weight excluding hydrogens is 313 g/mol. The van der Waals surface area contributed by atoms with Crippen molar-refractivity contribution >= 4 is 5.97 Å². The summed E-state index contributed by atoms with van der Waals surface area (Å²) in [5, 5.41) is 7.89. The van der Waals surface area contributed by atoms with Gasteiger partial charge in [-0.3, -0.25) is 0 Å². The molecule has 0 amide bonds. The van der Waals surface area contributed by atoms with Crippen LogP contribution in [-0.2, 0) is 50.3 Å². The van der Waals surface area contributed by atoms with Crippen LogP contribution in [0, 0.1) is 6.07 Å². The SMILES string of the molecule is C=C(C)C(=O)O.CCCc1[c-]cc(CCC)cc1.[Y]. The first-order chi connectivity index (χ1) is 8.51. The van der Waals surface area contributed by atoms with Crippen molar-refractivity contribution in [3.63, 3.8) is 0 Å². The predicted octanol–water partition coefficient (Wildman–Crippen LogP) is 4.04. The Morgan fingerprint density at radius 2 is 1.79 bits per heavy atom. The number of hydrogen-bond donors (Lipinski definition) is 1. The molecule has 2 nitrogen and oxygen atoms in total. The van der Waals surface area contributed by atoms with E-state index in [2.05, 4.69) is 44.7 Å². The second-order valence-electron chi connectivity index (χ2n) is 4.31. The van der Waals surface area contributed by atoms with E-state index in [0.717, 1.165) is 6.42 Å². The maximum atomic E-state index is 9.60. The normalized spacial score (nSPS) is 8.79. The number of aliphatic carboxylic acids is 1. The second-order valence-corrected chi connectivity index (χ2v) is 4.31. The molecule has 0 atom stereocenters. The number of carbonyl (C=O) groups is 1. The van der Waals surface area contributed by atoms with Crippen molar-refractivity contribution in [1.29, 1.82) is 0 Å². The molecule has 19 heavy (non-hydrogen) atoms. The fourth-order valence-electron chi connectivity index (χ4n) is 1.36. The molecule has 0 saturated heterocycles. The fourth-order valence-corrected chi connectivity index (χ4v) is 1.36. The van der Waals surface area contributed by atoms with Crippen LogP contribution in [0.5, 0.6) is 0 Å². The van der Waals surface area contributed by atoms with Crippen LogP contribution in [-0.4, -0.2) is 11.1 Å². The molecule has 0 bridgehead atoms. The van der Waals surface area contributed by atoms with Crippen LogP contribution in [0.25, 0.3) is 0 Å². The van der Waals surface area contributed by atoms with Gasteiger partial charge >= 0.3 is 5.97 Å². The molecule has 0 aliphatic rings. The largest absolute Gasteiger partial charge is 0.478 e. The molecule has 103 valence electrons. The molecule has 0 saturated carbocycles. The van der Waals surface area contributed by atoms with Gasteiger partial charge in [0.25, 0.3) is 0 Å². The Labute approximate surface area is 142 Å². The molecule has 0 aromatic heterocycles. The van der Waals surface area contributed by atoms with Crippen LogP contribution in [0.3, 0.4) is 0 Å². The van der Waals surface area contributed by atoms with Crippen molar-refractivity contribution in [2.24, 2.45) is 0 Å². The first-order valence-electron chi connectivity index (χ1n) is 6.39. The van der Waals surface area contributed by atoms with Gasteiger partial charge in [0, 0.05) is 38.3 Å². The first kappa shape index (κ1) is 20.8. The van der Waals surface area contributed by atoms with Gasteiger partial charge in [-0.1, -0.05) is 46.1 Å². The van der Waals surface area contributed by atoms with Crippen molar-refractivity contribution in [3.8, 4) is 0 Å². The molecule has 0 aliphatic carbocycles. The van der Waals surface area contributed by atoms with Gasteiger partial charge in [-0.05, 0) is 6.92 Å². The van der Waals surface area contributed by atoms with Crippen molar-refractivity contribution in [1.82, 2.24) is 0 Å². The zero-order valence-electron chi connectivity index (χ0n) is 12.2. The van der Waals surface area contributed by atoms with Crippen LogP contribution < -0.4 is 0 Å². The third-order valence-electron chi connectivity index (χ3n) is 2.36. The molecular formula is C16H23O2Y-. The Hall–Kier alpha value is -0.466. The standard InChI is InChI=1S/C12H17.C4H6O2.Y/c1-3-5-11-7-9-12(6-4-2)10-8-11;1-3(2)4(5)6;/h7-9H,3-6H2,1-2H3;1H2,2H3,(H,5,6);/q-1;;. The minimum Gasteiger partial charge on any atom is -0.478 e. The van der Waals surface area contributed by atoms with Crippen molar-refractivity contribution < 1.29 is 42.6 Å². The zero-order valence-corrected chi connectivity index (χ0v) is 15.0. The summed E-state index contributed by atoms with van der Waals surface area (Å²) in [6.07, 6.45) is 4.78. The van der Waals surface area contributed by atoms with Gasteiger partial charge in [0.2, 0.25) is 0 Å². The Bertz CT molecular complexity index is 332. The van der Waals surface area contributed by atoms with E-state index in [4.69, 9.17) is 5.11 Å². The summed E-state index contributed by atoms with van der Waals surface area (Å²) in [5.74, 6) is -0.935. The van der Waals surface area contributed by atoms with Gasteiger partial charge < -0.3 is 5.11 Å². The Balaban J connectivity index is 0. The van der Waals surface area contributed by atoms with Gasteiger partial charge in [-0.15, -0.1) is 0 Å². The monoisotopic (exact) mass is 336 g/mol. The molecule has 0 heterocycles. The molecule has 1 aromatic rings. The summed E-state index contributed by atoms with van der Waals surface area (Å²) >= 11 is 0. The van der Waals surface area contributed by atoms with E-state index in [1.807, 2.05) is 0 Å². The quantitative estimate of drug-likeness (QED) is 0.651. The molecule has 1 N–H and O–H groups in total. The number of benzene rings is 1. The van der Waals surface area contributed by atoms with Crippen LogP contribution in [0.15, 0.2) is 30.4 Å². The van der Waals surface area contributed by atoms with E-state index in [0.29, 0.717) is 0 Å². The van der Waals surface area contributed by atoms with Gasteiger partial charge in [-0.2, -0.15) is 35.4 Å². The number of carboxylic acid groups (broad SMARTS) is 1. The van der Waals surface area contributed by atoms with E-state index in [9.17, 15) is 4.79 Å². The van der Waals surface area contributed by atoms with Gasteiger partial charge in [0.15, 0.2) is 0 Å². The predicted molar refractivity (Wildman–Crippen MR) is 75.7 cm³/mol. The summed E-state index contributed by atoms with van der Waals surface area (Å²) in [6.45, 7) is 9.01. The van der Waals surface area contributed by atoms with Crippen molar-refractivity contribution in [2.45, 2.75) is 46.5 Å². The molecule has 3 heteroatoms. The average Bonchev–Trinajstić information content (AvgIpc) is 2.33. The molecule has 0 unspecified atom stereocenters. The molecule has 1 radical (unpaired) electrons. The van der Waals surface area contributed by atoms with Crippen LogP contribution >= 0.6 is 0 Å². The Kier molecular flexibility index (Phi) is 13.8. The van der Waals surface area contributed by atoms with Gasteiger partial charge in [-0.25, -0.2) is 4.79 Å². The Morgan fingerprint density at radius 3 is 2.11 bits per heavy atom. The van der Waals surface area contributed by atoms with E-state index in [1.165, 1.54) is 37.3 Å². The summed E-state index contributed by atoms with van der Waals surface area (Å²) in [6, 6.07) is 9.89. The fraction of sp³-hybridized carbons (Fsp3) is 0.438. The van der Waals surface area contributed by atoms with Gasteiger partial charge in [0.1, 0.15) is 0 Å². The topological polar surface area (TPSA) is 37.3 Å². The second kappa shape index (κ2) is 12.6. The summed E-state index contributed by atoms with van der Waals surface area (Å²) in [7, 11) is 0. The van der Waals surface area contributed by atoms with Crippen LogP contribution in [0.4, 0.5) is 0 Å². The first-order valence-corrected chi connectivity index (χ1v) is 6.39. The molecule has 0 fully saturated rings. The third kappa shape index (κ3) is 11.1. The number of carboxylic acids is 1. The molecule has 1 rings (SSSR count). The van der Waals surface area contributed by atoms with E-state index < -0.39 is 5.97 Å². The third-order valence-corrected chi connectivity index (χ3v) is 2.36. The summed E-state index contributed by atoms with van der Waals surface area (Å²) in [4.78, 5) is 9.60. The average molecular weight is 336 g/mol. The zero-order chi connectivity index (χ0) is 14.0. The van der Waals surface area contributed by atoms with E-state index in [1.54, 1.807) is 0 Å². The Morgan fingerprint density at radius 1 is 1.26 bits per heavy atom. The molecule has 0 spiro atoms. The van der Waals surface area contributed by atoms with E-state index >= 15 is 0 Å². The summed E-state index contributed by atoms with van der Waals surface area (Å²) < 4.78 is 0. The minimum absolute atomic E-state index is 0. The molecule has 0 aliphatic heterocycles. The maximum Gasteiger partial charge on any atom is 0.330 e. The smallest absolute Gasteiger partial charge is 0.330 e. The van der Waals surface area contributed by atoms with Crippen LogP contribution in [0.1, 0.15) is 44.7 Å². The molecule has 1 aromatic carbocycles. The van der Waals surface area contributed by atoms with Gasteiger partial charge in [0.05, 0.1) is 0 Å². The number of aryl methyl sites for hydroxylation is 2.